The summed E-state index contributed by atoms with van der Waals surface area (Å²) in [7, 11) is 2.10. The van der Waals surface area contributed by atoms with Gasteiger partial charge in [-0.25, -0.2) is 0 Å². The number of rotatable bonds is 3. The number of ether oxygens (including phenoxy) is 1. The Hall–Kier alpha value is -0.0800. The first kappa shape index (κ1) is 11.4. The van der Waals surface area contributed by atoms with Gasteiger partial charge in [-0.3, -0.25) is 0 Å². The fourth-order valence-electron chi connectivity index (χ4n) is 3.55. The van der Waals surface area contributed by atoms with Crippen LogP contribution < -0.4 is 5.32 Å². The van der Waals surface area contributed by atoms with Gasteiger partial charge in [0.1, 0.15) is 0 Å². The second-order valence-electron chi connectivity index (χ2n) is 5.29. The van der Waals surface area contributed by atoms with Crippen LogP contribution in [-0.2, 0) is 4.74 Å². The van der Waals surface area contributed by atoms with Crippen molar-refractivity contribution in [1.29, 1.82) is 0 Å². The van der Waals surface area contributed by atoms with E-state index in [0.717, 1.165) is 12.5 Å². The van der Waals surface area contributed by atoms with Crippen molar-refractivity contribution in [3.8, 4) is 0 Å². The lowest BCUT2D eigenvalue weighted by molar-refractivity contribution is -0.0977. The Morgan fingerprint density at radius 2 is 2.13 bits per heavy atom. The summed E-state index contributed by atoms with van der Waals surface area (Å²) >= 11 is 0. The monoisotopic (exact) mass is 211 g/mol. The molecule has 0 aromatic rings. The van der Waals surface area contributed by atoms with Crippen LogP contribution in [-0.4, -0.2) is 25.3 Å². The summed E-state index contributed by atoms with van der Waals surface area (Å²) in [6.07, 6.45) is 9.17. The smallest absolute Gasteiger partial charge is 0.0685 e. The van der Waals surface area contributed by atoms with Crippen molar-refractivity contribution < 1.29 is 4.74 Å². The van der Waals surface area contributed by atoms with Gasteiger partial charge in [-0.1, -0.05) is 19.8 Å². The van der Waals surface area contributed by atoms with Gasteiger partial charge in [0, 0.05) is 12.6 Å². The zero-order valence-corrected chi connectivity index (χ0v) is 10.2. The molecule has 1 N–H and O–H groups in total. The average Bonchev–Trinajstić information content (AvgIpc) is 2.68. The van der Waals surface area contributed by atoms with Gasteiger partial charge in [0.15, 0.2) is 0 Å². The molecule has 2 aliphatic rings. The molecule has 0 aromatic heterocycles. The molecule has 1 aliphatic carbocycles. The average molecular weight is 211 g/mol. The van der Waals surface area contributed by atoms with Gasteiger partial charge in [0.05, 0.1) is 5.60 Å². The van der Waals surface area contributed by atoms with E-state index in [1.165, 1.54) is 44.9 Å². The molecule has 2 atom stereocenters. The molecule has 2 rings (SSSR count). The molecule has 2 heteroatoms. The highest BCUT2D eigenvalue weighted by molar-refractivity contribution is 4.93. The molecular formula is C13H25NO. The van der Waals surface area contributed by atoms with Crippen LogP contribution in [0.1, 0.15) is 51.9 Å². The van der Waals surface area contributed by atoms with Crippen molar-refractivity contribution in [1.82, 2.24) is 5.32 Å². The fourth-order valence-corrected chi connectivity index (χ4v) is 3.55. The summed E-state index contributed by atoms with van der Waals surface area (Å²) in [5.41, 5.74) is 0.285. The highest BCUT2D eigenvalue weighted by Gasteiger charge is 2.41. The van der Waals surface area contributed by atoms with E-state index in [1.54, 1.807) is 0 Å². The Morgan fingerprint density at radius 3 is 2.73 bits per heavy atom. The van der Waals surface area contributed by atoms with Crippen molar-refractivity contribution in [3.63, 3.8) is 0 Å². The third kappa shape index (κ3) is 2.36. The SMILES string of the molecule is CCC(NC)C1CCOC2(CCCC2)C1. The molecule has 1 saturated heterocycles. The molecule has 2 nitrogen and oxygen atoms in total. The first-order valence-electron chi connectivity index (χ1n) is 6.61. The minimum atomic E-state index is 0.285. The van der Waals surface area contributed by atoms with Gasteiger partial charge in [0.25, 0.3) is 0 Å². The number of hydrogen-bond donors (Lipinski definition) is 1. The first-order chi connectivity index (χ1) is 7.29. The molecule has 1 saturated carbocycles. The normalized spacial score (nSPS) is 32.0. The van der Waals surface area contributed by atoms with Gasteiger partial charge < -0.3 is 10.1 Å². The van der Waals surface area contributed by atoms with Crippen LogP contribution in [0.25, 0.3) is 0 Å². The van der Waals surface area contributed by atoms with Crippen LogP contribution in [0.15, 0.2) is 0 Å². The number of hydrogen-bond acceptors (Lipinski definition) is 2. The molecule has 0 amide bonds. The van der Waals surface area contributed by atoms with Gasteiger partial charge in [-0.2, -0.15) is 0 Å². The van der Waals surface area contributed by atoms with Gasteiger partial charge in [-0.15, -0.1) is 0 Å². The van der Waals surface area contributed by atoms with E-state index in [2.05, 4.69) is 19.3 Å². The molecule has 0 radical (unpaired) electrons. The topological polar surface area (TPSA) is 21.3 Å². The molecule has 0 aromatic carbocycles. The van der Waals surface area contributed by atoms with Gasteiger partial charge >= 0.3 is 0 Å². The molecule has 1 aliphatic heterocycles. The van der Waals surface area contributed by atoms with Crippen LogP contribution in [0.4, 0.5) is 0 Å². The van der Waals surface area contributed by atoms with Crippen molar-refractivity contribution in [3.05, 3.63) is 0 Å². The van der Waals surface area contributed by atoms with Crippen molar-refractivity contribution in [2.45, 2.75) is 63.5 Å². The Kier molecular flexibility index (Phi) is 3.68. The summed E-state index contributed by atoms with van der Waals surface area (Å²) < 4.78 is 6.07. The van der Waals surface area contributed by atoms with E-state index >= 15 is 0 Å². The van der Waals surface area contributed by atoms with E-state index < -0.39 is 0 Å². The molecule has 88 valence electrons. The summed E-state index contributed by atoms with van der Waals surface area (Å²) in [6, 6.07) is 0.700. The van der Waals surface area contributed by atoms with Gasteiger partial charge in [-0.05, 0) is 45.1 Å². The van der Waals surface area contributed by atoms with E-state index in [4.69, 9.17) is 4.74 Å². The zero-order chi connectivity index (χ0) is 10.7. The summed E-state index contributed by atoms with van der Waals surface area (Å²) in [6.45, 7) is 3.28. The lowest BCUT2D eigenvalue weighted by atomic mass is 9.80. The van der Waals surface area contributed by atoms with Crippen LogP contribution in [0.2, 0.25) is 0 Å². The summed E-state index contributed by atoms with van der Waals surface area (Å²) in [4.78, 5) is 0. The predicted octanol–water partition coefficient (Wildman–Crippen LogP) is 2.72. The minimum absolute atomic E-state index is 0.285. The highest BCUT2D eigenvalue weighted by Crippen LogP contribution is 2.43. The second-order valence-corrected chi connectivity index (χ2v) is 5.29. The van der Waals surface area contributed by atoms with Crippen LogP contribution in [0.5, 0.6) is 0 Å². The summed E-state index contributed by atoms with van der Waals surface area (Å²) in [5.74, 6) is 0.840. The molecule has 2 unspecified atom stereocenters. The van der Waals surface area contributed by atoms with Crippen LogP contribution >= 0.6 is 0 Å². The van der Waals surface area contributed by atoms with Crippen molar-refractivity contribution >= 4 is 0 Å². The maximum absolute atomic E-state index is 6.07. The standard InChI is InChI=1S/C13H25NO/c1-3-12(14-2)11-6-9-15-13(10-11)7-4-5-8-13/h11-12,14H,3-10H2,1-2H3. The zero-order valence-electron chi connectivity index (χ0n) is 10.2. The fraction of sp³-hybridized carbons (Fsp3) is 1.00. The molecule has 15 heavy (non-hydrogen) atoms. The van der Waals surface area contributed by atoms with Crippen LogP contribution in [0, 0.1) is 5.92 Å². The molecule has 0 bridgehead atoms. The minimum Gasteiger partial charge on any atom is -0.375 e. The molecule has 1 heterocycles. The maximum Gasteiger partial charge on any atom is 0.0685 e. The van der Waals surface area contributed by atoms with Crippen molar-refractivity contribution in [2.24, 2.45) is 5.92 Å². The Morgan fingerprint density at radius 1 is 1.40 bits per heavy atom. The second kappa shape index (κ2) is 4.84. The van der Waals surface area contributed by atoms with Crippen molar-refractivity contribution in [2.75, 3.05) is 13.7 Å². The van der Waals surface area contributed by atoms with E-state index in [9.17, 15) is 0 Å². The van der Waals surface area contributed by atoms with E-state index in [0.29, 0.717) is 6.04 Å². The molecule has 1 spiro atoms. The summed E-state index contributed by atoms with van der Waals surface area (Å²) in [5, 5.41) is 3.47. The maximum atomic E-state index is 6.07. The predicted molar refractivity (Wildman–Crippen MR) is 63.0 cm³/mol. The Balaban J connectivity index is 1.96. The van der Waals surface area contributed by atoms with Crippen LogP contribution in [0.3, 0.4) is 0 Å². The highest BCUT2D eigenvalue weighted by atomic mass is 16.5. The number of nitrogens with one attached hydrogen (secondary N) is 1. The first-order valence-corrected chi connectivity index (χ1v) is 6.61. The molecular weight excluding hydrogens is 186 g/mol. The third-order valence-electron chi connectivity index (χ3n) is 4.43. The Labute approximate surface area is 93.8 Å². The third-order valence-corrected chi connectivity index (χ3v) is 4.43. The largest absolute Gasteiger partial charge is 0.375 e. The molecule has 2 fully saturated rings. The Bertz CT molecular complexity index is 195. The lowest BCUT2D eigenvalue weighted by Gasteiger charge is -2.41. The van der Waals surface area contributed by atoms with E-state index in [-0.39, 0.29) is 5.60 Å². The lowest BCUT2D eigenvalue weighted by Crippen LogP contribution is -2.44. The van der Waals surface area contributed by atoms with E-state index in [1.807, 2.05) is 0 Å². The quantitative estimate of drug-likeness (QED) is 0.775. The van der Waals surface area contributed by atoms with Gasteiger partial charge in [0.2, 0.25) is 0 Å².